The fourth-order valence-corrected chi connectivity index (χ4v) is 2.98. The first-order chi connectivity index (χ1) is 5.99. The van der Waals surface area contributed by atoms with Crippen LogP contribution < -0.4 is 0 Å². The molecule has 0 aromatic rings. The van der Waals surface area contributed by atoms with E-state index in [2.05, 4.69) is 32.9 Å². The molecule has 0 bridgehead atoms. The van der Waals surface area contributed by atoms with E-state index < -0.39 is 0 Å². The molecule has 0 aliphatic heterocycles. The largest absolute Gasteiger partial charge is 0.287 e. The van der Waals surface area contributed by atoms with Crippen molar-refractivity contribution in [3.8, 4) is 0 Å². The minimum absolute atomic E-state index is 0.133. The Balaban J connectivity index is 2.90. The topological polar surface area (TPSA) is 17.1 Å². The number of allylic oxidation sites excluding steroid dienone is 2. The molecule has 74 valence electrons. The lowest BCUT2D eigenvalue weighted by Gasteiger charge is -2.38. The number of thioether (sulfide) groups is 1. The van der Waals surface area contributed by atoms with Crippen molar-refractivity contribution in [2.45, 2.75) is 27.2 Å². The van der Waals surface area contributed by atoms with Gasteiger partial charge in [-0.25, -0.2) is 0 Å². The third-order valence-electron chi connectivity index (χ3n) is 2.91. The van der Waals surface area contributed by atoms with E-state index >= 15 is 0 Å². The van der Waals surface area contributed by atoms with Gasteiger partial charge in [0.2, 0.25) is 0 Å². The van der Waals surface area contributed by atoms with Gasteiger partial charge in [0.25, 0.3) is 0 Å². The lowest BCUT2D eigenvalue weighted by Crippen LogP contribution is -2.35. The summed E-state index contributed by atoms with van der Waals surface area (Å²) >= 11 is 1.36. The Morgan fingerprint density at radius 1 is 1.54 bits per heavy atom. The summed E-state index contributed by atoms with van der Waals surface area (Å²) < 4.78 is 0. The van der Waals surface area contributed by atoms with Crippen LogP contribution in [-0.4, -0.2) is 11.4 Å². The van der Waals surface area contributed by atoms with Crippen molar-refractivity contribution in [1.29, 1.82) is 0 Å². The van der Waals surface area contributed by atoms with Gasteiger partial charge in [0, 0.05) is 5.92 Å². The summed E-state index contributed by atoms with van der Waals surface area (Å²) in [4.78, 5) is 11.7. The maximum Gasteiger partial charge on any atom is 0.192 e. The van der Waals surface area contributed by atoms with E-state index in [4.69, 9.17) is 0 Å². The first-order valence-electron chi connectivity index (χ1n) is 4.73. The fourth-order valence-electron chi connectivity index (χ4n) is 2.20. The molecule has 13 heavy (non-hydrogen) atoms. The molecule has 0 radical (unpaired) electrons. The quantitative estimate of drug-likeness (QED) is 0.602. The predicted octanol–water partition coefficient (Wildman–Crippen LogP) is 3.11. The molecular formula is C11H18OS. The molecule has 0 saturated carbocycles. The zero-order valence-corrected chi connectivity index (χ0v) is 9.65. The van der Waals surface area contributed by atoms with Gasteiger partial charge in [-0.2, -0.15) is 0 Å². The van der Waals surface area contributed by atoms with Gasteiger partial charge in [0.1, 0.15) is 0 Å². The summed E-state index contributed by atoms with van der Waals surface area (Å²) in [5, 5.41) is 0.335. The fraction of sp³-hybridized carbons (Fsp3) is 0.727. The molecule has 0 saturated heterocycles. The molecule has 2 unspecified atom stereocenters. The monoisotopic (exact) mass is 198 g/mol. The molecule has 1 rings (SSSR count). The van der Waals surface area contributed by atoms with Crippen molar-refractivity contribution in [2.24, 2.45) is 17.3 Å². The first-order valence-corrected chi connectivity index (χ1v) is 5.96. The summed E-state index contributed by atoms with van der Waals surface area (Å²) in [7, 11) is 0. The van der Waals surface area contributed by atoms with Gasteiger partial charge in [-0.1, -0.05) is 44.7 Å². The number of carbonyl (C=O) groups is 1. The highest BCUT2D eigenvalue weighted by molar-refractivity contribution is 8.13. The number of rotatable bonds is 1. The smallest absolute Gasteiger partial charge is 0.192 e. The van der Waals surface area contributed by atoms with Crippen molar-refractivity contribution < 1.29 is 4.79 Å². The van der Waals surface area contributed by atoms with Crippen LogP contribution in [0.3, 0.4) is 0 Å². The van der Waals surface area contributed by atoms with Crippen LogP contribution in [0.25, 0.3) is 0 Å². The van der Waals surface area contributed by atoms with Gasteiger partial charge in [0.05, 0.1) is 0 Å². The summed E-state index contributed by atoms with van der Waals surface area (Å²) in [6, 6.07) is 0. The van der Waals surface area contributed by atoms with Crippen molar-refractivity contribution in [1.82, 2.24) is 0 Å². The Kier molecular flexibility index (Phi) is 3.23. The molecule has 2 atom stereocenters. The van der Waals surface area contributed by atoms with Crippen LogP contribution in [0.15, 0.2) is 12.2 Å². The highest BCUT2D eigenvalue weighted by Gasteiger charge is 2.38. The van der Waals surface area contributed by atoms with Gasteiger partial charge >= 0.3 is 0 Å². The first kappa shape index (κ1) is 10.8. The average molecular weight is 198 g/mol. The second-order valence-electron chi connectivity index (χ2n) is 4.48. The van der Waals surface area contributed by atoms with Crippen LogP contribution in [-0.2, 0) is 4.79 Å². The summed E-state index contributed by atoms with van der Waals surface area (Å²) in [6.45, 7) is 6.51. The molecular weight excluding hydrogens is 180 g/mol. The van der Waals surface area contributed by atoms with E-state index in [1.807, 2.05) is 6.26 Å². The van der Waals surface area contributed by atoms with Gasteiger partial charge in [-0.15, -0.1) is 0 Å². The Morgan fingerprint density at radius 2 is 2.15 bits per heavy atom. The molecule has 1 aliphatic carbocycles. The molecule has 0 aromatic heterocycles. The van der Waals surface area contributed by atoms with Crippen LogP contribution >= 0.6 is 11.8 Å². The third-order valence-corrected chi connectivity index (χ3v) is 3.56. The number of carbonyl (C=O) groups excluding carboxylic acids is 1. The van der Waals surface area contributed by atoms with E-state index in [9.17, 15) is 4.79 Å². The van der Waals surface area contributed by atoms with Gasteiger partial charge in [-0.3, -0.25) is 4.79 Å². The van der Waals surface area contributed by atoms with E-state index in [0.29, 0.717) is 11.0 Å². The molecule has 0 aromatic carbocycles. The Labute approximate surface area is 85.0 Å². The van der Waals surface area contributed by atoms with E-state index in [0.717, 1.165) is 6.42 Å². The van der Waals surface area contributed by atoms with Crippen LogP contribution in [0.1, 0.15) is 27.2 Å². The van der Waals surface area contributed by atoms with E-state index in [1.165, 1.54) is 11.8 Å². The summed E-state index contributed by atoms with van der Waals surface area (Å²) in [5.74, 6) is 0.580. The Bertz CT molecular complexity index is 230. The third kappa shape index (κ3) is 2.16. The predicted molar refractivity (Wildman–Crippen MR) is 58.7 cm³/mol. The molecule has 0 heterocycles. The van der Waals surface area contributed by atoms with E-state index in [1.54, 1.807) is 0 Å². The van der Waals surface area contributed by atoms with Crippen molar-refractivity contribution in [3.05, 3.63) is 12.2 Å². The Morgan fingerprint density at radius 3 is 2.62 bits per heavy atom. The van der Waals surface area contributed by atoms with Crippen LogP contribution in [0.4, 0.5) is 0 Å². The second-order valence-corrected chi connectivity index (χ2v) is 5.29. The highest BCUT2D eigenvalue weighted by atomic mass is 32.2. The number of hydrogen-bond acceptors (Lipinski definition) is 2. The molecule has 0 amide bonds. The lowest BCUT2D eigenvalue weighted by atomic mass is 9.68. The SMILES string of the molecule is CSC(=O)C1C(C)C=CCC1(C)C. The van der Waals surface area contributed by atoms with E-state index in [-0.39, 0.29) is 11.3 Å². The van der Waals surface area contributed by atoms with Crippen molar-refractivity contribution in [2.75, 3.05) is 6.26 Å². The van der Waals surface area contributed by atoms with Gasteiger partial charge in [0.15, 0.2) is 5.12 Å². The summed E-state index contributed by atoms with van der Waals surface area (Å²) in [5.41, 5.74) is 0.133. The molecule has 0 N–H and O–H groups in total. The zero-order valence-electron chi connectivity index (χ0n) is 8.83. The van der Waals surface area contributed by atoms with Crippen molar-refractivity contribution in [3.63, 3.8) is 0 Å². The van der Waals surface area contributed by atoms with Crippen LogP contribution in [0, 0.1) is 17.3 Å². The van der Waals surface area contributed by atoms with Gasteiger partial charge < -0.3 is 0 Å². The molecule has 2 heteroatoms. The molecule has 1 nitrogen and oxygen atoms in total. The Hall–Kier alpha value is -0.240. The molecule has 1 aliphatic rings. The van der Waals surface area contributed by atoms with Crippen LogP contribution in [0.2, 0.25) is 0 Å². The minimum Gasteiger partial charge on any atom is -0.287 e. The zero-order chi connectivity index (χ0) is 10.1. The maximum absolute atomic E-state index is 11.7. The average Bonchev–Trinajstić information content (AvgIpc) is 2.02. The van der Waals surface area contributed by atoms with Crippen LogP contribution in [0.5, 0.6) is 0 Å². The maximum atomic E-state index is 11.7. The molecule has 0 fully saturated rings. The van der Waals surface area contributed by atoms with Gasteiger partial charge in [-0.05, 0) is 24.0 Å². The normalized spacial score (nSPS) is 31.7. The highest BCUT2D eigenvalue weighted by Crippen LogP contribution is 2.42. The number of hydrogen-bond donors (Lipinski definition) is 0. The molecule has 0 spiro atoms. The van der Waals surface area contributed by atoms with Crippen molar-refractivity contribution >= 4 is 16.9 Å². The lowest BCUT2D eigenvalue weighted by molar-refractivity contribution is -0.119. The standard InChI is InChI=1S/C11H18OS/c1-8-6-5-7-11(2,3)9(8)10(12)13-4/h5-6,8-9H,7H2,1-4H3. The summed E-state index contributed by atoms with van der Waals surface area (Å²) in [6.07, 6.45) is 7.27. The second kappa shape index (κ2) is 3.87. The minimum atomic E-state index is 0.133.